The Labute approximate surface area is 96.3 Å². The molecule has 0 saturated carbocycles. The molecule has 4 heteroatoms. The second-order valence-electron chi connectivity index (χ2n) is 2.68. The van der Waals surface area contributed by atoms with Crippen LogP contribution in [0.25, 0.3) is 0 Å². The van der Waals surface area contributed by atoms with Crippen molar-refractivity contribution in [1.82, 2.24) is 0 Å². The first-order chi connectivity index (χ1) is 6.65. The van der Waals surface area contributed by atoms with Crippen molar-refractivity contribution >= 4 is 33.5 Å². The van der Waals surface area contributed by atoms with Crippen molar-refractivity contribution in [2.75, 3.05) is 6.61 Å². The van der Waals surface area contributed by atoms with E-state index in [1.54, 1.807) is 13.0 Å². The first-order valence-corrected chi connectivity index (χ1v) is 5.40. The number of hydrogen-bond donors (Lipinski definition) is 0. The fourth-order valence-corrected chi connectivity index (χ4v) is 1.92. The summed E-state index contributed by atoms with van der Waals surface area (Å²) in [5, 5.41) is 0.576. The summed E-state index contributed by atoms with van der Waals surface area (Å²) in [7, 11) is 0. The molecule has 0 aliphatic carbocycles. The summed E-state index contributed by atoms with van der Waals surface area (Å²) in [4.78, 5) is 11.2. The number of hydrogen-bond acceptors (Lipinski definition) is 2. The molecular weight excluding hydrogens is 267 g/mol. The lowest BCUT2D eigenvalue weighted by Gasteiger charge is -2.06. The van der Waals surface area contributed by atoms with Crippen molar-refractivity contribution in [3.05, 3.63) is 33.3 Å². The Morgan fingerprint density at radius 1 is 1.57 bits per heavy atom. The molecule has 0 aliphatic heterocycles. The molecule has 0 unspecified atom stereocenters. The van der Waals surface area contributed by atoms with Gasteiger partial charge in [0.2, 0.25) is 0 Å². The predicted octanol–water partition coefficient (Wildman–Crippen LogP) is 3.21. The summed E-state index contributed by atoms with van der Waals surface area (Å²) in [5.74, 6) is -0.263. The van der Waals surface area contributed by atoms with Gasteiger partial charge in [-0.15, -0.1) is 0 Å². The quantitative estimate of drug-likeness (QED) is 0.793. The van der Waals surface area contributed by atoms with Crippen LogP contribution < -0.4 is 0 Å². The van der Waals surface area contributed by atoms with Crippen molar-refractivity contribution in [3.63, 3.8) is 0 Å². The average molecular weight is 278 g/mol. The Kier molecular flexibility index (Phi) is 4.42. The molecule has 2 nitrogen and oxygen atoms in total. The predicted molar refractivity (Wildman–Crippen MR) is 59.5 cm³/mol. The van der Waals surface area contributed by atoms with Gasteiger partial charge in [0.1, 0.15) is 0 Å². The van der Waals surface area contributed by atoms with E-state index in [0.717, 1.165) is 10.0 Å². The first kappa shape index (κ1) is 11.5. The van der Waals surface area contributed by atoms with E-state index in [9.17, 15) is 4.79 Å². The van der Waals surface area contributed by atoms with Crippen molar-refractivity contribution in [2.45, 2.75) is 13.3 Å². The maximum atomic E-state index is 11.2. The van der Waals surface area contributed by atoms with Crippen LogP contribution in [0.4, 0.5) is 0 Å². The maximum Gasteiger partial charge on any atom is 0.310 e. The molecular formula is C10H10BrClO2. The zero-order valence-electron chi connectivity index (χ0n) is 7.72. The Balaban J connectivity index is 2.80. The highest BCUT2D eigenvalue weighted by atomic mass is 79.9. The van der Waals surface area contributed by atoms with Gasteiger partial charge in [0, 0.05) is 9.50 Å². The van der Waals surface area contributed by atoms with E-state index in [2.05, 4.69) is 15.9 Å². The van der Waals surface area contributed by atoms with Crippen LogP contribution in [-0.2, 0) is 16.0 Å². The number of ether oxygens (including phenoxy) is 1. The van der Waals surface area contributed by atoms with Gasteiger partial charge in [0.15, 0.2) is 0 Å². The minimum Gasteiger partial charge on any atom is -0.466 e. The number of esters is 1. The molecule has 0 N–H and O–H groups in total. The van der Waals surface area contributed by atoms with Crippen molar-refractivity contribution in [3.8, 4) is 0 Å². The van der Waals surface area contributed by atoms with Crippen LogP contribution in [0.5, 0.6) is 0 Å². The molecule has 0 amide bonds. The highest BCUT2D eigenvalue weighted by Crippen LogP contribution is 2.25. The monoisotopic (exact) mass is 276 g/mol. The molecule has 0 saturated heterocycles. The zero-order chi connectivity index (χ0) is 10.6. The van der Waals surface area contributed by atoms with Gasteiger partial charge in [-0.3, -0.25) is 4.79 Å². The smallest absolute Gasteiger partial charge is 0.310 e. The number of carbonyl (C=O) groups is 1. The van der Waals surface area contributed by atoms with E-state index < -0.39 is 0 Å². The zero-order valence-corrected chi connectivity index (χ0v) is 10.1. The van der Waals surface area contributed by atoms with Gasteiger partial charge in [0.05, 0.1) is 13.0 Å². The van der Waals surface area contributed by atoms with Crippen LogP contribution in [0.1, 0.15) is 12.5 Å². The Morgan fingerprint density at radius 3 is 2.86 bits per heavy atom. The molecule has 14 heavy (non-hydrogen) atoms. The second-order valence-corrected chi connectivity index (χ2v) is 3.94. The van der Waals surface area contributed by atoms with Gasteiger partial charge < -0.3 is 4.74 Å². The molecule has 0 fully saturated rings. The highest BCUT2D eigenvalue weighted by Gasteiger charge is 2.10. The summed E-state index contributed by atoms with van der Waals surface area (Å²) < 4.78 is 5.67. The van der Waals surface area contributed by atoms with Crippen LogP contribution in [0.15, 0.2) is 22.7 Å². The van der Waals surface area contributed by atoms with Crippen LogP contribution >= 0.6 is 27.5 Å². The molecule has 1 rings (SSSR count). The van der Waals surface area contributed by atoms with Crippen LogP contribution in [0, 0.1) is 0 Å². The Bertz CT molecular complexity index is 319. The largest absolute Gasteiger partial charge is 0.466 e. The van der Waals surface area contributed by atoms with Gasteiger partial charge in [-0.2, -0.15) is 0 Å². The molecule has 0 spiro atoms. The standard InChI is InChI=1S/C10H10BrClO2/c1-2-14-10(13)6-7-8(11)4-3-5-9(7)12/h3-5H,2,6H2,1H3. The topological polar surface area (TPSA) is 26.3 Å². The lowest BCUT2D eigenvalue weighted by Crippen LogP contribution is -2.08. The molecule has 76 valence electrons. The third-order valence-electron chi connectivity index (χ3n) is 1.69. The van der Waals surface area contributed by atoms with Gasteiger partial charge in [-0.1, -0.05) is 33.6 Å². The number of carbonyl (C=O) groups excluding carboxylic acids is 1. The molecule has 0 aliphatic rings. The third-order valence-corrected chi connectivity index (χ3v) is 2.79. The van der Waals surface area contributed by atoms with E-state index in [4.69, 9.17) is 16.3 Å². The summed E-state index contributed by atoms with van der Waals surface area (Å²) >= 11 is 9.27. The fraction of sp³-hybridized carbons (Fsp3) is 0.300. The fourth-order valence-electron chi connectivity index (χ4n) is 1.06. The van der Waals surface area contributed by atoms with E-state index in [0.29, 0.717) is 11.6 Å². The van der Waals surface area contributed by atoms with E-state index in [1.807, 2.05) is 12.1 Å². The SMILES string of the molecule is CCOC(=O)Cc1c(Cl)cccc1Br. The number of benzene rings is 1. The van der Waals surface area contributed by atoms with Gasteiger partial charge in [-0.05, 0) is 24.6 Å². The van der Waals surface area contributed by atoms with Gasteiger partial charge in [0.25, 0.3) is 0 Å². The summed E-state index contributed by atoms with van der Waals surface area (Å²) in [5.41, 5.74) is 0.771. The van der Waals surface area contributed by atoms with E-state index in [-0.39, 0.29) is 12.4 Å². The van der Waals surface area contributed by atoms with E-state index in [1.165, 1.54) is 0 Å². The first-order valence-electron chi connectivity index (χ1n) is 4.23. The number of rotatable bonds is 3. The van der Waals surface area contributed by atoms with Crippen LogP contribution in [-0.4, -0.2) is 12.6 Å². The maximum absolute atomic E-state index is 11.2. The summed E-state index contributed by atoms with van der Waals surface area (Å²) in [6.45, 7) is 2.17. The second kappa shape index (κ2) is 5.37. The van der Waals surface area contributed by atoms with Crippen molar-refractivity contribution < 1.29 is 9.53 Å². The number of halogens is 2. The highest BCUT2D eigenvalue weighted by molar-refractivity contribution is 9.10. The summed E-state index contributed by atoms with van der Waals surface area (Å²) in [6.07, 6.45) is 0.202. The molecule has 0 atom stereocenters. The molecule has 0 aromatic heterocycles. The molecule has 1 aromatic carbocycles. The lowest BCUT2D eigenvalue weighted by atomic mass is 10.1. The van der Waals surface area contributed by atoms with Crippen LogP contribution in [0.3, 0.4) is 0 Å². The van der Waals surface area contributed by atoms with Crippen molar-refractivity contribution in [2.24, 2.45) is 0 Å². The average Bonchev–Trinajstić information content (AvgIpc) is 2.12. The van der Waals surface area contributed by atoms with Crippen LogP contribution in [0.2, 0.25) is 5.02 Å². The molecule has 0 bridgehead atoms. The molecule has 0 heterocycles. The Hall–Kier alpha value is -0.540. The third kappa shape index (κ3) is 3.00. The normalized spacial score (nSPS) is 9.93. The minimum atomic E-state index is -0.263. The van der Waals surface area contributed by atoms with E-state index >= 15 is 0 Å². The molecule has 0 radical (unpaired) electrons. The van der Waals surface area contributed by atoms with Gasteiger partial charge in [-0.25, -0.2) is 0 Å². The Morgan fingerprint density at radius 2 is 2.29 bits per heavy atom. The lowest BCUT2D eigenvalue weighted by molar-refractivity contribution is -0.142. The minimum absolute atomic E-state index is 0.202. The van der Waals surface area contributed by atoms with Crippen molar-refractivity contribution in [1.29, 1.82) is 0 Å². The van der Waals surface area contributed by atoms with Gasteiger partial charge >= 0.3 is 5.97 Å². The summed E-state index contributed by atoms with van der Waals surface area (Å²) in [6, 6.07) is 5.42. The molecule has 1 aromatic rings.